The van der Waals surface area contributed by atoms with E-state index in [1.54, 1.807) is 0 Å². The van der Waals surface area contributed by atoms with Gasteiger partial charge in [-0.25, -0.2) is 0 Å². The largest absolute Gasteiger partial charge is 0.507 e. The van der Waals surface area contributed by atoms with Crippen molar-refractivity contribution in [1.82, 2.24) is 0 Å². The Morgan fingerprint density at radius 3 is 2.62 bits per heavy atom. The first-order valence-corrected chi connectivity index (χ1v) is 7.42. The van der Waals surface area contributed by atoms with E-state index in [4.69, 9.17) is 19.3 Å². The molecule has 0 amide bonds. The summed E-state index contributed by atoms with van der Waals surface area (Å²) in [6.07, 6.45) is -7.00. The Bertz CT molecular complexity index is 630. The standard InChI is InChI=1S/C15H18O9/c16-5-10-12(19)13(20)14(21)15(24-10)23-6-3-8(18)11-7(17)1-2-22-9(11)4-6/h3-4,10,12-16,18-21H,1-2,5H2. The molecule has 1 aromatic rings. The number of phenolic OH excluding ortho intramolecular Hbond substituents is 1. The van der Waals surface area contributed by atoms with E-state index in [0.29, 0.717) is 0 Å². The highest BCUT2D eigenvalue weighted by molar-refractivity contribution is 6.02. The number of hydrogen-bond acceptors (Lipinski definition) is 9. The quantitative estimate of drug-likeness (QED) is 0.444. The zero-order valence-corrected chi connectivity index (χ0v) is 12.5. The highest BCUT2D eigenvalue weighted by atomic mass is 16.7. The van der Waals surface area contributed by atoms with Crippen LogP contribution in [-0.2, 0) is 4.74 Å². The van der Waals surface area contributed by atoms with E-state index >= 15 is 0 Å². The van der Waals surface area contributed by atoms with Gasteiger partial charge in [0.25, 0.3) is 0 Å². The van der Waals surface area contributed by atoms with Gasteiger partial charge < -0.3 is 39.7 Å². The second-order valence-corrected chi connectivity index (χ2v) is 5.65. The topological polar surface area (TPSA) is 146 Å². The van der Waals surface area contributed by atoms with E-state index in [9.17, 15) is 25.2 Å². The Labute approximate surface area is 136 Å². The van der Waals surface area contributed by atoms with Gasteiger partial charge in [0, 0.05) is 18.6 Å². The van der Waals surface area contributed by atoms with Crippen LogP contribution in [0, 0.1) is 0 Å². The number of ketones is 1. The minimum absolute atomic E-state index is 0.0327. The molecule has 5 unspecified atom stereocenters. The number of ether oxygens (including phenoxy) is 3. The molecular formula is C15H18O9. The Hall–Kier alpha value is -1.91. The van der Waals surface area contributed by atoms with Crippen molar-refractivity contribution in [1.29, 1.82) is 0 Å². The third kappa shape index (κ3) is 2.92. The monoisotopic (exact) mass is 342 g/mol. The lowest BCUT2D eigenvalue weighted by atomic mass is 9.99. The van der Waals surface area contributed by atoms with Crippen LogP contribution in [-0.4, -0.2) is 75.2 Å². The molecular weight excluding hydrogens is 324 g/mol. The minimum Gasteiger partial charge on any atom is -0.507 e. The molecule has 1 aromatic carbocycles. The van der Waals surface area contributed by atoms with Crippen molar-refractivity contribution in [3.63, 3.8) is 0 Å². The van der Waals surface area contributed by atoms with E-state index in [1.807, 2.05) is 0 Å². The number of benzene rings is 1. The van der Waals surface area contributed by atoms with Gasteiger partial charge in [-0.15, -0.1) is 0 Å². The van der Waals surface area contributed by atoms with Gasteiger partial charge in [0.05, 0.1) is 13.2 Å². The van der Waals surface area contributed by atoms with Gasteiger partial charge in [-0.2, -0.15) is 0 Å². The van der Waals surface area contributed by atoms with Crippen molar-refractivity contribution in [2.45, 2.75) is 37.1 Å². The van der Waals surface area contributed by atoms with Crippen molar-refractivity contribution in [3.8, 4) is 17.2 Å². The van der Waals surface area contributed by atoms with E-state index in [1.165, 1.54) is 6.07 Å². The predicted octanol–water partition coefficient (Wildman–Crippen LogP) is -1.46. The molecule has 2 aliphatic heterocycles. The number of carbonyl (C=O) groups excluding carboxylic acids is 1. The van der Waals surface area contributed by atoms with Crippen LogP contribution in [0.25, 0.3) is 0 Å². The minimum atomic E-state index is -1.58. The molecule has 9 nitrogen and oxygen atoms in total. The van der Waals surface area contributed by atoms with E-state index < -0.39 is 37.3 Å². The molecule has 5 N–H and O–H groups in total. The molecule has 3 rings (SSSR count). The molecule has 1 fully saturated rings. The fourth-order valence-corrected chi connectivity index (χ4v) is 2.72. The normalized spacial score (nSPS) is 32.8. The Kier molecular flexibility index (Phi) is 4.61. The number of phenols is 1. The predicted molar refractivity (Wildman–Crippen MR) is 76.9 cm³/mol. The van der Waals surface area contributed by atoms with Gasteiger partial charge in [0.2, 0.25) is 6.29 Å². The van der Waals surface area contributed by atoms with Crippen molar-refractivity contribution in [2.75, 3.05) is 13.2 Å². The number of fused-ring (bicyclic) bond motifs is 1. The number of Topliss-reactive ketones (excluding diaryl/α,β-unsaturated/α-hetero) is 1. The lowest BCUT2D eigenvalue weighted by Crippen LogP contribution is -2.60. The molecule has 0 bridgehead atoms. The molecule has 9 heteroatoms. The molecule has 0 radical (unpaired) electrons. The average molecular weight is 342 g/mol. The number of aliphatic hydroxyl groups is 4. The number of aromatic hydroxyl groups is 1. The highest BCUT2D eigenvalue weighted by Crippen LogP contribution is 2.37. The van der Waals surface area contributed by atoms with Crippen LogP contribution in [0.3, 0.4) is 0 Å². The van der Waals surface area contributed by atoms with Gasteiger partial charge in [0.15, 0.2) is 5.78 Å². The fraction of sp³-hybridized carbons (Fsp3) is 0.533. The number of hydrogen-bond donors (Lipinski definition) is 5. The van der Waals surface area contributed by atoms with Crippen LogP contribution in [0.5, 0.6) is 17.2 Å². The van der Waals surface area contributed by atoms with Crippen LogP contribution in [0.15, 0.2) is 12.1 Å². The third-order valence-electron chi connectivity index (χ3n) is 4.02. The van der Waals surface area contributed by atoms with Crippen LogP contribution < -0.4 is 9.47 Å². The maximum atomic E-state index is 11.8. The summed E-state index contributed by atoms with van der Waals surface area (Å²) in [4.78, 5) is 11.8. The summed E-state index contributed by atoms with van der Waals surface area (Å²) in [6.45, 7) is -0.410. The zero-order valence-electron chi connectivity index (χ0n) is 12.5. The number of carbonyl (C=O) groups is 1. The maximum Gasteiger partial charge on any atom is 0.229 e. The fourth-order valence-electron chi connectivity index (χ4n) is 2.72. The molecule has 0 spiro atoms. The first-order valence-electron chi connectivity index (χ1n) is 7.42. The third-order valence-corrected chi connectivity index (χ3v) is 4.02. The summed E-state index contributed by atoms with van der Waals surface area (Å²) in [6, 6.07) is 2.51. The maximum absolute atomic E-state index is 11.8. The van der Waals surface area contributed by atoms with Crippen LogP contribution in [0.1, 0.15) is 16.8 Å². The van der Waals surface area contributed by atoms with Crippen molar-refractivity contribution in [2.24, 2.45) is 0 Å². The van der Waals surface area contributed by atoms with Crippen LogP contribution in [0.2, 0.25) is 0 Å². The molecule has 0 saturated carbocycles. The SMILES string of the molecule is O=C1CCOc2cc(OC3OC(CO)C(O)C(O)C3O)cc(O)c21. The molecule has 132 valence electrons. The molecule has 5 atom stereocenters. The van der Waals surface area contributed by atoms with E-state index in [2.05, 4.69) is 0 Å². The summed E-state index contributed by atoms with van der Waals surface area (Å²) in [7, 11) is 0. The highest BCUT2D eigenvalue weighted by Gasteiger charge is 2.44. The molecule has 2 heterocycles. The summed E-state index contributed by atoms with van der Waals surface area (Å²) >= 11 is 0. The number of rotatable bonds is 3. The van der Waals surface area contributed by atoms with Gasteiger partial charge >= 0.3 is 0 Å². The van der Waals surface area contributed by atoms with Crippen molar-refractivity contribution >= 4 is 5.78 Å². The molecule has 1 saturated heterocycles. The van der Waals surface area contributed by atoms with Crippen molar-refractivity contribution in [3.05, 3.63) is 17.7 Å². The molecule has 0 aliphatic carbocycles. The summed E-state index contributed by atoms with van der Waals surface area (Å²) < 4.78 is 15.9. The molecule has 24 heavy (non-hydrogen) atoms. The second-order valence-electron chi connectivity index (χ2n) is 5.65. The summed E-state index contributed by atoms with van der Waals surface area (Å²) in [5.41, 5.74) is 0.0578. The van der Waals surface area contributed by atoms with E-state index in [-0.39, 0.29) is 41.6 Å². The molecule has 0 aromatic heterocycles. The van der Waals surface area contributed by atoms with Gasteiger partial charge in [-0.05, 0) is 0 Å². The Morgan fingerprint density at radius 2 is 1.92 bits per heavy atom. The van der Waals surface area contributed by atoms with Crippen LogP contribution >= 0.6 is 0 Å². The van der Waals surface area contributed by atoms with Gasteiger partial charge in [-0.3, -0.25) is 4.79 Å². The van der Waals surface area contributed by atoms with Crippen LogP contribution in [0.4, 0.5) is 0 Å². The average Bonchev–Trinajstić information content (AvgIpc) is 2.55. The first kappa shape index (κ1) is 16.9. The smallest absolute Gasteiger partial charge is 0.229 e. The summed E-state index contributed by atoms with van der Waals surface area (Å²) in [5, 5.41) is 48.5. The lowest BCUT2D eigenvalue weighted by molar-refractivity contribution is -0.277. The molecule has 2 aliphatic rings. The van der Waals surface area contributed by atoms with Gasteiger partial charge in [0.1, 0.15) is 47.2 Å². The number of aliphatic hydroxyl groups excluding tert-OH is 4. The first-order chi connectivity index (χ1) is 11.4. The second kappa shape index (κ2) is 6.54. The van der Waals surface area contributed by atoms with Gasteiger partial charge in [-0.1, -0.05) is 0 Å². The Balaban J connectivity index is 1.83. The summed E-state index contributed by atoms with van der Waals surface area (Å²) in [5.74, 6) is -0.416. The van der Waals surface area contributed by atoms with Crippen molar-refractivity contribution < 1.29 is 44.5 Å². The Morgan fingerprint density at radius 1 is 1.17 bits per heavy atom. The van der Waals surface area contributed by atoms with E-state index in [0.717, 1.165) is 6.07 Å². The zero-order chi connectivity index (χ0) is 17.4. The lowest BCUT2D eigenvalue weighted by Gasteiger charge is -2.39.